The summed E-state index contributed by atoms with van der Waals surface area (Å²) in [5.74, 6) is -0.396. The van der Waals surface area contributed by atoms with Gasteiger partial charge in [0.15, 0.2) is 6.61 Å². The minimum atomic E-state index is -1.32. The molecule has 0 unspecified atom stereocenters. The summed E-state index contributed by atoms with van der Waals surface area (Å²) in [5, 5.41) is 7.47. The third-order valence-electron chi connectivity index (χ3n) is 5.27. The number of aromatic nitrogens is 2. The molecule has 8 heteroatoms. The van der Waals surface area contributed by atoms with E-state index < -0.39 is 29.3 Å². The van der Waals surface area contributed by atoms with E-state index in [2.05, 4.69) is 10.4 Å². The summed E-state index contributed by atoms with van der Waals surface area (Å²) in [6, 6.07) is 25.7. The average molecular weight is 488 g/mol. The van der Waals surface area contributed by atoms with Crippen LogP contribution in [0.15, 0.2) is 89.8 Å². The highest BCUT2D eigenvalue weighted by Gasteiger charge is 2.19. The number of rotatable bonds is 8. The molecule has 0 aliphatic rings. The van der Waals surface area contributed by atoms with Gasteiger partial charge < -0.3 is 10.1 Å². The van der Waals surface area contributed by atoms with Gasteiger partial charge >= 0.3 is 5.97 Å². The van der Waals surface area contributed by atoms with E-state index in [9.17, 15) is 13.8 Å². The van der Waals surface area contributed by atoms with Crippen LogP contribution in [0.4, 0.5) is 5.82 Å². The summed E-state index contributed by atoms with van der Waals surface area (Å²) >= 11 is 0. The minimum absolute atomic E-state index is 0.191. The molecule has 0 aliphatic carbocycles. The maximum absolute atomic E-state index is 12.7. The Morgan fingerprint density at radius 3 is 2.37 bits per heavy atom. The molecule has 0 spiro atoms. The van der Waals surface area contributed by atoms with Gasteiger partial charge in [0.2, 0.25) is 0 Å². The zero-order valence-corrected chi connectivity index (χ0v) is 20.2. The van der Waals surface area contributed by atoms with Crippen molar-refractivity contribution in [3.63, 3.8) is 0 Å². The van der Waals surface area contributed by atoms with E-state index in [1.807, 2.05) is 61.5 Å². The van der Waals surface area contributed by atoms with Crippen molar-refractivity contribution in [1.29, 1.82) is 0 Å². The van der Waals surface area contributed by atoms with Crippen molar-refractivity contribution >= 4 is 28.5 Å². The first-order valence-electron chi connectivity index (χ1n) is 11.1. The number of nitrogens with zero attached hydrogens (tertiary/aromatic N) is 2. The normalized spacial score (nSPS) is 11.6. The molecule has 0 fully saturated rings. The fraction of sp³-hybridized carbons (Fsp3) is 0.148. The number of benzene rings is 3. The highest BCUT2D eigenvalue weighted by molar-refractivity contribution is 7.85. The number of nitrogens with one attached hydrogen (secondary N) is 1. The molecule has 1 aromatic heterocycles. The Balaban J connectivity index is 1.52. The van der Waals surface area contributed by atoms with E-state index in [4.69, 9.17) is 4.74 Å². The Labute approximate surface area is 206 Å². The number of anilines is 1. The third-order valence-corrected chi connectivity index (χ3v) is 6.64. The van der Waals surface area contributed by atoms with Crippen molar-refractivity contribution in [3.8, 4) is 16.9 Å². The number of aryl methyl sites for hydroxylation is 1. The van der Waals surface area contributed by atoms with Gasteiger partial charge in [-0.05, 0) is 31.2 Å². The molecule has 0 saturated heterocycles. The lowest BCUT2D eigenvalue weighted by molar-refractivity contribution is -0.119. The molecule has 0 bridgehead atoms. The van der Waals surface area contributed by atoms with Crippen LogP contribution in [0.3, 0.4) is 0 Å². The van der Waals surface area contributed by atoms with E-state index in [0.29, 0.717) is 22.2 Å². The van der Waals surface area contributed by atoms with Crippen molar-refractivity contribution in [2.24, 2.45) is 0 Å². The van der Waals surface area contributed by atoms with Crippen LogP contribution in [0.2, 0.25) is 0 Å². The van der Waals surface area contributed by atoms with Gasteiger partial charge in [0, 0.05) is 17.4 Å². The molecule has 0 saturated carbocycles. The summed E-state index contributed by atoms with van der Waals surface area (Å²) in [6.07, 6.45) is 0. The molecule has 4 rings (SSSR count). The predicted molar refractivity (Wildman–Crippen MR) is 136 cm³/mol. The van der Waals surface area contributed by atoms with Gasteiger partial charge in [-0.1, -0.05) is 67.1 Å². The zero-order valence-electron chi connectivity index (χ0n) is 19.4. The lowest BCUT2D eigenvalue weighted by atomic mass is 10.1. The smallest absolute Gasteiger partial charge is 0.339 e. The Morgan fingerprint density at radius 1 is 0.971 bits per heavy atom. The van der Waals surface area contributed by atoms with Crippen molar-refractivity contribution in [1.82, 2.24) is 9.78 Å². The van der Waals surface area contributed by atoms with Crippen LogP contribution >= 0.6 is 0 Å². The summed E-state index contributed by atoms with van der Waals surface area (Å²) < 4.78 is 19.1. The first kappa shape index (κ1) is 24.1. The fourth-order valence-electron chi connectivity index (χ4n) is 3.48. The molecule has 178 valence electrons. The summed E-state index contributed by atoms with van der Waals surface area (Å²) in [5.41, 5.74) is 3.70. The second-order valence-electron chi connectivity index (χ2n) is 7.78. The number of hydrogen-bond donors (Lipinski definition) is 1. The van der Waals surface area contributed by atoms with Crippen molar-refractivity contribution in [2.75, 3.05) is 17.7 Å². The van der Waals surface area contributed by atoms with Crippen LogP contribution in [-0.2, 0) is 20.3 Å². The van der Waals surface area contributed by atoms with E-state index in [1.165, 1.54) is 0 Å². The second-order valence-corrected chi connectivity index (χ2v) is 9.49. The van der Waals surface area contributed by atoms with E-state index in [1.54, 1.807) is 41.9 Å². The molecule has 1 heterocycles. The molecule has 1 amide bonds. The topological polar surface area (TPSA) is 90.3 Å². The monoisotopic (exact) mass is 487 g/mol. The number of para-hydroxylation sites is 1. The Hall–Kier alpha value is -4.04. The number of carbonyl (C=O) groups excluding carboxylic acids is 2. The van der Waals surface area contributed by atoms with Crippen LogP contribution in [-0.4, -0.2) is 38.2 Å². The number of amides is 1. The van der Waals surface area contributed by atoms with Gasteiger partial charge in [-0.15, -0.1) is 0 Å². The van der Waals surface area contributed by atoms with Crippen molar-refractivity contribution in [2.45, 2.75) is 18.7 Å². The first-order valence-corrected chi connectivity index (χ1v) is 12.4. The fourth-order valence-corrected chi connectivity index (χ4v) is 4.42. The van der Waals surface area contributed by atoms with Crippen LogP contribution in [0.5, 0.6) is 0 Å². The highest BCUT2D eigenvalue weighted by Crippen LogP contribution is 2.25. The molecule has 35 heavy (non-hydrogen) atoms. The maximum atomic E-state index is 12.7. The van der Waals surface area contributed by atoms with Gasteiger partial charge in [0.05, 0.1) is 32.6 Å². The summed E-state index contributed by atoms with van der Waals surface area (Å²) in [6.45, 7) is 3.29. The van der Waals surface area contributed by atoms with Gasteiger partial charge in [-0.2, -0.15) is 5.10 Å². The number of ether oxygens (including phenoxy) is 1. The maximum Gasteiger partial charge on any atom is 0.339 e. The third kappa shape index (κ3) is 5.73. The van der Waals surface area contributed by atoms with E-state index >= 15 is 0 Å². The Morgan fingerprint density at radius 2 is 1.66 bits per heavy atom. The molecular weight excluding hydrogens is 462 g/mol. The zero-order chi connectivity index (χ0) is 24.8. The van der Waals surface area contributed by atoms with Crippen LogP contribution in [0, 0.1) is 6.92 Å². The largest absolute Gasteiger partial charge is 0.452 e. The minimum Gasteiger partial charge on any atom is -0.452 e. The molecule has 0 aliphatic heterocycles. The number of carbonyl (C=O) groups is 2. The standard InChI is InChI=1S/C27H25N3O4S/c1-3-35(33)24-12-8-7-11-22(24)27(32)34-18-26(31)28-25-17-23(20-15-13-19(2)14-16-20)29-30(25)21-9-5-4-6-10-21/h4-17H,3,18H2,1-2H3,(H,28,31)/t35-/m0/s1. The predicted octanol–water partition coefficient (Wildman–Crippen LogP) is 4.77. The summed E-state index contributed by atoms with van der Waals surface area (Å²) in [7, 11) is -1.32. The SMILES string of the molecule is CC[S@](=O)c1ccccc1C(=O)OCC(=O)Nc1cc(-c2ccc(C)cc2)nn1-c1ccccc1. The summed E-state index contributed by atoms with van der Waals surface area (Å²) in [4.78, 5) is 25.7. The second kappa shape index (κ2) is 10.9. The Bertz CT molecular complexity index is 1360. The lowest BCUT2D eigenvalue weighted by Gasteiger charge is -2.10. The molecule has 3 aromatic carbocycles. The van der Waals surface area contributed by atoms with Crippen molar-refractivity contribution in [3.05, 3.63) is 96.1 Å². The first-order chi connectivity index (χ1) is 17.0. The molecular formula is C27H25N3O4S. The van der Waals surface area contributed by atoms with Gasteiger partial charge in [0.25, 0.3) is 5.91 Å². The van der Waals surface area contributed by atoms with E-state index in [0.717, 1.165) is 16.8 Å². The number of hydrogen-bond acceptors (Lipinski definition) is 5. The molecule has 1 N–H and O–H groups in total. The van der Waals surface area contributed by atoms with Crippen LogP contribution in [0.1, 0.15) is 22.8 Å². The van der Waals surface area contributed by atoms with Gasteiger partial charge in [-0.3, -0.25) is 9.00 Å². The molecule has 4 aromatic rings. The lowest BCUT2D eigenvalue weighted by Crippen LogP contribution is -2.23. The quantitative estimate of drug-likeness (QED) is 0.362. The van der Waals surface area contributed by atoms with Gasteiger partial charge in [0.1, 0.15) is 5.82 Å². The van der Waals surface area contributed by atoms with Crippen LogP contribution in [0.25, 0.3) is 16.9 Å². The Kier molecular flexibility index (Phi) is 7.52. The highest BCUT2D eigenvalue weighted by atomic mass is 32.2. The van der Waals surface area contributed by atoms with E-state index in [-0.39, 0.29) is 5.56 Å². The molecule has 7 nitrogen and oxygen atoms in total. The van der Waals surface area contributed by atoms with Crippen LogP contribution < -0.4 is 5.32 Å². The molecule has 0 radical (unpaired) electrons. The van der Waals surface area contributed by atoms with Crippen molar-refractivity contribution < 1.29 is 18.5 Å². The number of esters is 1. The average Bonchev–Trinajstić information content (AvgIpc) is 3.31. The molecule has 1 atom stereocenters. The van der Waals surface area contributed by atoms with Gasteiger partial charge in [-0.25, -0.2) is 9.48 Å².